The summed E-state index contributed by atoms with van der Waals surface area (Å²) in [5, 5.41) is 27.3. The van der Waals surface area contributed by atoms with E-state index in [0.29, 0.717) is 18.6 Å². The van der Waals surface area contributed by atoms with Crippen LogP contribution in [0.5, 0.6) is 0 Å². The Labute approximate surface area is 138 Å². The molecule has 0 aliphatic carbocycles. The number of aliphatic carboxylic acids is 1. The fraction of sp³-hybridized carbons (Fsp3) is 0.667. The van der Waals surface area contributed by atoms with Crippen molar-refractivity contribution in [2.24, 2.45) is 11.8 Å². The molecule has 3 atom stereocenters. The van der Waals surface area contributed by atoms with E-state index >= 15 is 0 Å². The van der Waals surface area contributed by atoms with Gasteiger partial charge in [0.2, 0.25) is 0 Å². The Morgan fingerprint density at radius 2 is 1.74 bits per heavy atom. The highest BCUT2D eigenvalue weighted by molar-refractivity contribution is 5.81. The van der Waals surface area contributed by atoms with E-state index in [1.165, 1.54) is 6.08 Å². The quantitative estimate of drug-likeness (QED) is 0.222. The van der Waals surface area contributed by atoms with Gasteiger partial charge >= 0.3 is 5.97 Å². The molecule has 0 bridgehead atoms. The van der Waals surface area contributed by atoms with Crippen molar-refractivity contribution in [2.75, 3.05) is 6.61 Å². The molecule has 0 spiro atoms. The van der Waals surface area contributed by atoms with Crippen LogP contribution in [0.15, 0.2) is 23.3 Å². The molecule has 0 heterocycles. The van der Waals surface area contributed by atoms with Gasteiger partial charge in [-0.05, 0) is 38.2 Å². The van der Waals surface area contributed by atoms with E-state index in [2.05, 4.69) is 6.92 Å². The molecule has 0 saturated heterocycles. The van der Waals surface area contributed by atoms with Crippen molar-refractivity contribution in [3.8, 4) is 0 Å². The lowest BCUT2D eigenvalue weighted by Gasteiger charge is -2.16. The lowest BCUT2D eigenvalue weighted by molar-refractivity contribution is -0.131. The van der Waals surface area contributed by atoms with E-state index in [4.69, 9.17) is 10.2 Å². The summed E-state index contributed by atoms with van der Waals surface area (Å²) in [7, 11) is 0. The van der Waals surface area contributed by atoms with Gasteiger partial charge in [-0.25, -0.2) is 4.79 Å². The normalized spacial score (nSPS) is 16.7. The number of unbranched alkanes of at least 4 members (excludes halogenated alkanes) is 1. The molecule has 0 amide bonds. The summed E-state index contributed by atoms with van der Waals surface area (Å²) < 4.78 is 0. The van der Waals surface area contributed by atoms with Crippen LogP contribution in [0, 0.1) is 11.8 Å². The summed E-state index contributed by atoms with van der Waals surface area (Å²) >= 11 is 0. The van der Waals surface area contributed by atoms with E-state index in [1.807, 2.05) is 13.0 Å². The number of hydrogen-bond donors (Lipinski definition) is 3. The Hall–Kier alpha value is -1.46. The molecule has 0 aliphatic heterocycles. The molecule has 0 aromatic heterocycles. The van der Waals surface area contributed by atoms with Crippen LogP contribution >= 0.6 is 0 Å². The summed E-state index contributed by atoms with van der Waals surface area (Å²) in [6.07, 6.45) is 7.12. The first-order valence-corrected chi connectivity index (χ1v) is 8.12. The molecular formula is C18H30O5. The van der Waals surface area contributed by atoms with Crippen LogP contribution in [0.25, 0.3) is 0 Å². The number of aliphatic hydroxyl groups excluding tert-OH is 2. The minimum atomic E-state index is -0.935. The largest absolute Gasteiger partial charge is 0.478 e. The van der Waals surface area contributed by atoms with Gasteiger partial charge in [-0.15, -0.1) is 0 Å². The first-order chi connectivity index (χ1) is 10.8. The molecule has 0 unspecified atom stereocenters. The highest BCUT2D eigenvalue weighted by Gasteiger charge is 2.16. The molecule has 23 heavy (non-hydrogen) atoms. The van der Waals surface area contributed by atoms with Gasteiger partial charge in [0.05, 0.1) is 18.6 Å². The minimum absolute atomic E-state index is 0.311. The molecule has 0 aliphatic rings. The predicted molar refractivity (Wildman–Crippen MR) is 90.0 cm³/mol. The van der Waals surface area contributed by atoms with Gasteiger partial charge in [0.1, 0.15) is 6.29 Å². The van der Waals surface area contributed by atoms with Crippen LogP contribution < -0.4 is 0 Å². The average molecular weight is 326 g/mol. The molecule has 5 nitrogen and oxygen atoms in total. The summed E-state index contributed by atoms with van der Waals surface area (Å²) in [6.45, 7) is 5.60. The first kappa shape index (κ1) is 21.5. The third-order valence-electron chi connectivity index (χ3n) is 3.82. The second-order valence-electron chi connectivity index (χ2n) is 6.36. The maximum absolute atomic E-state index is 10.6. The fourth-order valence-electron chi connectivity index (χ4n) is 2.65. The number of aldehydes is 1. The monoisotopic (exact) mass is 326 g/mol. The van der Waals surface area contributed by atoms with Crippen molar-refractivity contribution in [3.63, 3.8) is 0 Å². The zero-order valence-corrected chi connectivity index (χ0v) is 14.4. The van der Waals surface area contributed by atoms with Gasteiger partial charge < -0.3 is 20.1 Å². The maximum Gasteiger partial charge on any atom is 0.328 e. The number of carboxylic acids is 1. The average Bonchev–Trinajstić information content (AvgIpc) is 2.43. The number of allylic oxidation sites excluding steroid dienone is 3. The molecule has 0 fully saturated rings. The molecule has 0 aromatic rings. The number of carboxylic acid groups (broad SMARTS) is 1. The lowest BCUT2D eigenvalue weighted by atomic mass is 9.93. The maximum atomic E-state index is 10.6. The lowest BCUT2D eigenvalue weighted by Crippen LogP contribution is -2.24. The van der Waals surface area contributed by atoms with E-state index in [0.717, 1.165) is 36.8 Å². The van der Waals surface area contributed by atoms with E-state index in [-0.39, 0.29) is 6.61 Å². The van der Waals surface area contributed by atoms with Crippen molar-refractivity contribution in [1.29, 1.82) is 0 Å². The SMILES string of the molecule is CC(=C\C(=O)O)/C=C(\C)C[C@H](C)CCCC[C@@H](O)[C@H](C=O)CO. The predicted octanol–water partition coefficient (Wildman–Crippen LogP) is 2.72. The molecule has 132 valence electrons. The number of rotatable bonds is 12. The first-order valence-electron chi connectivity index (χ1n) is 8.12. The Bertz CT molecular complexity index is 425. The molecule has 0 rings (SSSR count). The second-order valence-corrected chi connectivity index (χ2v) is 6.36. The van der Waals surface area contributed by atoms with Gasteiger partial charge in [-0.1, -0.05) is 37.8 Å². The summed E-state index contributed by atoms with van der Waals surface area (Å²) in [4.78, 5) is 21.2. The van der Waals surface area contributed by atoms with E-state index < -0.39 is 18.0 Å². The van der Waals surface area contributed by atoms with Crippen LogP contribution in [0.3, 0.4) is 0 Å². The van der Waals surface area contributed by atoms with Crippen LogP contribution in [0.1, 0.15) is 52.9 Å². The number of hydrogen-bond acceptors (Lipinski definition) is 4. The third kappa shape index (κ3) is 10.8. The standard InChI is InChI=1S/C18H30O5/c1-13(8-14(2)9-15(3)10-18(22)23)6-4-5-7-17(21)16(11-19)12-20/h9-11,13,16-17,20-21H,4-8,12H2,1-3H3,(H,22,23)/b14-9+,15-10+/t13-,16-,17-/m1/s1. The number of carbonyl (C=O) groups is 2. The van der Waals surface area contributed by atoms with E-state index in [1.54, 1.807) is 6.92 Å². The summed E-state index contributed by atoms with van der Waals surface area (Å²) in [5.41, 5.74) is 1.88. The van der Waals surface area contributed by atoms with Crippen LogP contribution in [-0.2, 0) is 9.59 Å². The minimum Gasteiger partial charge on any atom is -0.478 e. The highest BCUT2D eigenvalue weighted by Crippen LogP contribution is 2.20. The Morgan fingerprint density at radius 3 is 2.26 bits per heavy atom. The van der Waals surface area contributed by atoms with Gasteiger partial charge in [0, 0.05) is 6.08 Å². The third-order valence-corrected chi connectivity index (χ3v) is 3.82. The van der Waals surface area contributed by atoms with Crippen LogP contribution in [-0.4, -0.2) is 40.3 Å². The Balaban J connectivity index is 4.08. The van der Waals surface area contributed by atoms with Crippen molar-refractivity contribution >= 4 is 12.3 Å². The van der Waals surface area contributed by atoms with E-state index in [9.17, 15) is 14.7 Å². The molecule has 5 heteroatoms. The summed E-state index contributed by atoms with van der Waals surface area (Å²) in [6, 6.07) is 0. The van der Waals surface area contributed by atoms with Crippen LogP contribution in [0.4, 0.5) is 0 Å². The van der Waals surface area contributed by atoms with Crippen LogP contribution in [0.2, 0.25) is 0 Å². The van der Waals surface area contributed by atoms with Crippen molar-refractivity contribution in [2.45, 2.75) is 59.0 Å². The zero-order chi connectivity index (χ0) is 17.8. The molecule has 3 N–H and O–H groups in total. The van der Waals surface area contributed by atoms with Gasteiger partial charge in [0.25, 0.3) is 0 Å². The van der Waals surface area contributed by atoms with Crippen molar-refractivity contribution < 1.29 is 24.9 Å². The number of carbonyl (C=O) groups excluding carboxylic acids is 1. The number of aliphatic hydroxyl groups is 2. The Kier molecular flexibility index (Phi) is 11.3. The second kappa shape index (κ2) is 12.0. The van der Waals surface area contributed by atoms with Gasteiger partial charge in [-0.2, -0.15) is 0 Å². The van der Waals surface area contributed by atoms with Crippen molar-refractivity contribution in [3.05, 3.63) is 23.3 Å². The molecule has 0 aromatic carbocycles. The topological polar surface area (TPSA) is 94.8 Å². The fourth-order valence-corrected chi connectivity index (χ4v) is 2.65. The van der Waals surface area contributed by atoms with Gasteiger partial charge in [-0.3, -0.25) is 0 Å². The smallest absolute Gasteiger partial charge is 0.328 e. The summed E-state index contributed by atoms with van der Waals surface area (Å²) in [5.74, 6) is -1.14. The Morgan fingerprint density at radius 1 is 1.13 bits per heavy atom. The van der Waals surface area contributed by atoms with Gasteiger partial charge in [0.15, 0.2) is 0 Å². The van der Waals surface area contributed by atoms with Crippen molar-refractivity contribution in [1.82, 2.24) is 0 Å². The highest BCUT2D eigenvalue weighted by atomic mass is 16.4. The molecular weight excluding hydrogens is 296 g/mol. The molecule has 0 saturated carbocycles. The zero-order valence-electron chi connectivity index (χ0n) is 14.4. The molecule has 0 radical (unpaired) electrons.